The Hall–Kier alpha value is -1.42. The van der Waals surface area contributed by atoms with Crippen LogP contribution in [0.25, 0.3) is 0 Å². The lowest BCUT2D eigenvalue weighted by Gasteiger charge is -2.10. The third-order valence-electron chi connectivity index (χ3n) is 3.47. The number of hydrogen-bond acceptors (Lipinski definition) is 3. The molecule has 0 saturated carbocycles. The summed E-state index contributed by atoms with van der Waals surface area (Å²) in [4.78, 5) is 1.44. The third-order valence-corrected chi connectivity index (χ3v) is 4.79. The molecule has 0 bridgehead atoms. The van der Waals surface area contributed by atoms with E-state index in [0.717, 1.165) is 25.1 Å². The summed E-state index contributed by atoms with van der Waals surface area (Å²) in [5, 5.41) is 8.65. The molecule has 3 rings (SSSR count). The molecule has 0 radical (unpaired) electrons. The Morgan fingerprint density at radius 2 is 2.26 bits per heavy atom. The maximum Gasteiger partial charge on any atom is 0.0853 e. The molecular formula is C15H19N3S. The summed E-state index contributed by atoms with van der Waals surface area (Å²) in [5.74, 6) is 0. The van der Waals surface area contributed by atoms with Crippen LogP contribution in [0.1, 0.15) is 18.2 Å². The molecule has 0 aliphatic carbocycles. The monoisotopic (exact) mass is 273 g/mol. The molecule has 1 aliphatic heterocycles. The number of fused-ring (bicyclic) bond motifs is 1. The summed E-state index contributed by atoms with van der Waals surface area (Å²) in [5.41, 5.74) is 3.82. The lowest BCUT2D eigenvalue weighted by molar-refractivity contribution is 0.746. The normalized spacial score (nSPS) is 17.5. The second-order valence-corrected chi connectivity index (χ2v) is 6.29. The van der Waals surface area contributed by atoms with E-state index in [4.69, 9.17) is 0 Å². The first-order valence-electron chi connectivity index (χ1n) is 6.77. The molecule has 19 heavy (non-hydrogen) atoms. The number of aromatic nitrogens is 2. The van der Waals surface area contributed by atoms with Crippen molar-refractivity contribution in [3.8, 4) is 0 Å². The van der Waals surface area contributed by atoms with Crippen molar-refractivity contribution in [2.24, 2.45) is 7.05 Å². The Kier molecular flexibility index (Phi) is 3.51. The second-order valence-electron chi connectivity index (χ2n) is 4.95. The van der Waals surface area contributed by atoms with E-state index >= 15 is 0 Å². The van der Waals surface area contributed by atoms with Gasteiger partial charge in [-0.25, -0.2) is 0 Å². The minimum atomic E-state index is 0.627. The topological polar surface area (TPSA) is 29.9 Å². The van der Waals surface area contributed by atoms with Gasteiger partial charge in [-0.1, -0.05) is 25.1 Å². The number of benzene rings is 1. The van der Waals surface area contributed by atoms with E-state index in [0.29, 0.717) is 5.25 Å². The highest BCUT2D eigenvalue weighted by atomic mass is 32.2. The minimum Gasteiger partial charge on any atom is -0.381 e. The van der Waals surface area contributed by atoms with Gasteiger partial charge in [-0.2, -0.15) is 5.10 Å². The maximum atomic E-state index is 4.46. The van der Waals surface area contributed by atoms with Gasteiger partial charge in [-0.15, -0.1) is 11.8 Å². The maximum absolute atomic E-state index is 4.46. The fraction of sp³-hybridized carbons (Fsp3) is 0.400. The van der Waals surface area contributed by atoms with Crippen molar-refractivity contribution in [3.63, 3.8) is 0 Å². The Bertz CT molecular complexity index is 552. The standard InChI is InChI=1S/C15H19N3S/c1-3-13-14(10-18(2)17-13)16-9-12-8-11-6-4-5-7-15(11)19-12/h4-7,10,12,16H,3,8-9H2,1-2H3. The van der Waals surface area contributed by atoms with E-state index < -0.39 is 0 Å². The summed E-state index contributed by atoms with van der Waals surface area (Å²) in [7, 11) is 1.98. The Morgan fingerprint density at radius 1 is 1.42 bits per heavy atom. The van der Waals surface area contributed by atoms with Crippen LogP contribution in [0.5, 0.6) is 0 Å². The molecule has 1 aromatic carbocycles. The number of anilines is 1. The molecular weight excluding hydrogens is 254 g/mol. The number of thioether (sulfide) groups is 1. The SMILES string of the molecule is CCc1nn(C)cc1NCC1Cc2ccccc2S1. The van der Waals surface area contributed by atoms with Crippen LogP contribution in [0.2, 0.25) is 0 Å². The van der Waals surface area contributed by atoms with Crippen molar-refractivity contribution in [1.82, 2.24) is 9.78 Å². The highest BCUT2D eigenvalue weighted by Crippen LogP contribution is 2.36. The molecule has 0 spiro atoms. The van der Waals surface area contributed by atoms with Crippen molar-refractivity contribution in [1.29, 1.82) is 0 Å². The molecule has 3 nitrogen and oxygen atoms in total. The first kappa shape index (κ1) is 12.6. The Balaban J connectivity index is 1.62. The zero-order chi connectivity index (χ0) is 13.2. The lowest BCUT2D eigenvalue weighted by atomic mass is 10.1. The van der Waals surface area contributed by atoms with Crippen LogP contribution >= 0.6 is 11.8 Å². The molecule has 1 aliphatic rings. The molecule has 0 fully saturated rings. The minimum absolute atomic E-state index is 0.627. The van der Waals surface area contributed by atoms with Gasteiger partial charge in [0.2, 0.25) is 0 Å². The highest BCUT2D eigenvalue weighted by molar-refractivity contribution is 8.00. The van der Waals surface area contributed by atoms with Crippen LogP contribution in [0, 0.1) is 0 Å². The van der Waals surface area contributed by atoms with Gasteiger partial charge in [0.15, 0.2) is 0 Å². The van der Waals surface area contributed by atoms with Gasteiger partial charge in [0.25, 0.3) is 0 Å². The van der Waals surface area contributed by atoms with Crippen LogP contribution in [0.15, 0.2) is 35.4 Å². The van der Waals surface area contributed by atoms with Gasteiger partial charge < -0.3 is 5.32 Å². The molecule has 1 atom stereocenters. The molecule has 0 saturated heterocycles. The van der Waals surface area contributed by atoms with Crippen LogP contribution in [0.4, 0.5) is 5.69 Å². The van der Waals surface area contributed by atoms with Crippen molar-refractivity contribution >= 4 is 17.4 Å². The second kappa shape index (κ2) is 5.29. The number of hydrogen-bond donors (Lipinski definition) is 1. The molecule has 2 aromatic rings. The summed E-state index contributed by atoms with van der Waals surface area (Å²) in [6.07, 6.45) is 4.21. The van der Waals surface area contributed by atoms with Gasteiger partial charge in [-0.3, -0.25) is 4.68 Å². The van der Waals surface area contributed by atoms with Crippen LogP contribution < -0.4 is 5.32 Å². The van der Waals surface area contributed by atoms with E-state index in [1.165, 1.54) is 16.1 Å². The van der Waals surface area contributed by atoms with Crippen LogP contribution in [0.3, 0.4) is 0 Å². The van der Waals surface area contributed by atoms with E-state index in [9.17, 15) is 0 Å². The zero-order valence-electron chi connectivity index (χ0n) is 11.4. The van der Waals surface area contributed by atoms with Crippen molar-refractivity contribution in [2.45, 2.75) is 29.9 Å². The van der Waals surface area contributed by atoms with Gasteiger partial charge in [0, 0.05) is 29.9 Å². The number of aryl methyl sites for hydroxylation is 2. The van der Waals surface area contributed by atoms with Crippen LogP contribution in [-0.4, -0.2) is 21.6 Å². The molecule has 1 N–H and O–H groups in total. The lowest BCUT2D eigenvalue weighted by Crippen LogP contribution is -2.16. The van der Waals surface area contributed by atoms with E-state index in [1.54, 1.807) is 0 Å². The molecule has 2 heterocycles. The largest absolute Gasteiger partial charge is 0.381 e. The van der Waals surface area contributed by atoms with E-state index in [1.807, 2.05) is 23.5 Å². The third kappa shape index (κ3) is 2.63. The average Bonchev–Trinajstić information content (AvgIpc) is 2.98. The number of nitrogens with zero attached hydrogens (tertiary/aromatic N) is 2. The summed E-state index contributed by atoms with van der Waals surface area (Å²) in [6.45, 7) is 3.14. The molecule has 4 heteroatoms. The molecule has 1 unspecified atom stereocenters. The Morgan fingerprint density at radius 3 is 3.05 bits per heavy atom. The number of rotatable bonds is 4. The predicted octanol–water partition coefficient (Wildman–Crippen LogP) is 3.11. The fourth-order valence-corrected chi connectivity index (χ4v) is 3.78. The quantitative estimate of drug-likeness (QED) is 0.928. The van der Waals surface area contributed by atoms with Crippen molar-refractivity contribution in [3.05, 3.63) is 41.7 Å². The molecule has 1 aromatic heterocycles. The van der Waals surface area contributed by atoms with Gasteiger partial charge in [0.1, 0.15) is 0 Å². The van der Waals surface area contributed by atoms with E-state index in [-0.39, 0.29) is 0 Å². The fourth-order valence-electron chi connectivity index (χ4n) is 2.53. The van der Waals surface area contributed by atoms with Gasteiger partial charge in [0.05, 0.1) is 11.4 Å². The van der Waals surface area contributed by atoms with Crippen molar-refractivity contribution in [2.75, 3.05) is 11.9 Å². The smallest absolute Gasteiger partial charge is 0.0853 e. The highest BCUT2D eigenvalue weighted by Gasteiger charge is 2.21. The van der Waals surface area contributed by atoms with Gasteiger partial charge >= 0.3 is 0 Å². The first-order valence-corrected chi connectivity index (χ1v) is 7.65. The summed E-state index contributed by atoms with van der Waals surface area (Å²) in [6, 6.07) is 8.72. The first-order chi connectivity index (χ1) is 9.26. The average molecular weight is 273 g/mol. The summed E-state index contributed by atoms with van der Waals surface area (Å²) >= 11 is 1.99. The predicted molar refractivity (Wildman–Crippen MR) is 80.9 cm³/mol. The zero-order valence-corrected chi connectivity index (χ0v) is 12.2. The van der Waals surface area contributed by atoms with Crippen LogP contribution in [-0.2, 0) is 19.9 Å². The Labute approximate surface area is 118 Å². The molecule has 0 amide bonds. The van der Waals surface area contributed by atoms with E-state index in [2.05, 4.69) is 47.8 Å². The van der Waals surface area contributed by atoms with Crippen molar-refractivity contribution < 1.29 is 0 Å². The summed E-state index contributed by atoms with van der Waals surface area (Å²) < 4.78 is 1.89. The van der Waals surface area contributed by atoms with Gasteiger partial charge in [-0.05, 0) is 24.5 Å². The molecule has 100 valence electrons. The number of nitrogens with one attached hydrogen (secondary N) is 1.